The van der Waals surface area contributed by atoms with Gasteiger partial charge < -0.3 is 15.4 Å². The number of methoxy groups -OCH3 is 1. The maximum atomic E-state index is 13.7. The third-order valence-corrected chi connectivity index (χ3v) is 3.65. The molecule has 0 atom stereocenters. The SMILES string of the molecule is COc1cccc(C(=O)Nc2ccc(Nc3ccc(F)c(F)c3F)nc2)c1. The van der Waals surface area contributed by atoms with Crippen molar-refractivity contribution in [3.05, 3.63) is 77.7 Å². The van der Waals surface area contributed by atoms with Crippen LogP contribution in [0.5, 0.6) is 5.75 Å². The summed E-state index contributed by atoms with van der Waals surface area (Å²) in [5, 5.41) is 5.21. The van der Waals surface area contributed by atoms with E-state index < -0.39 is 17.5 Å². The monoisotopic (exact) mass is 373 g/mol. The molecule has 0 unspecified atom stereocenters. The van der Waals surface area contributed by atoms with Crippen molar-refractivity contribution in [3.8, 4) is 5.75 Å². The second-order valence-corrected chi connectivity index (χ2v) is 5.47. The van der Waals surface area contributed by atoms with E-state index in [4.69, 9.17) is 4.74 Å². The van der Waals surface area contributed by atoms with Gasteiger partial charge in [-0.1, -0.05) is 6.07 Å². The van der Waals surface area contributed by atoms with E-state index in [1.165, 1.54) is 25.4 Å². The Kier molecular flexibility index (Phi) is 5.25. The van der Waals surface area contributed by atoms with Crippen LogP contribution in [0.4, 0.5) is 30.4 Å². The van der Waals surface area contributed by atoms with Gasteiger partial charge in [0.05, 0.1) is 24.7 Å². The molecule has 2 N–H and O–H groups in total. The number of amides is 1. The van der Waals surface area contributed by atoms with Gasteiger partial charge in [-0.25, -0.2) is 18.2 Å². The molecule has 1 aromatic heterocycles. The molecule has 0 saturated carbocycles. The first kappa shape index (κ1) is 18.2. The number of hydrogen-bond acceptors (Lipinski definition) is 4. The van der Waals surface area contributed by atoms with Gasteiger partial charge in [0.2, 0.25) is 0 Å². The first-order chi connectivity index (χ1) is 13.0. The van der Waals surface area contributed by atoms with Gasteiger partial charge in [-0.2, -0.15) is 0 Å². The first-order valence-electron chi connectivity index (χ1n) is 7.80. The summed E-state index contributed by atoms with van der Waals surface area (Å²) in [5.74, 6) is -3.80. The lowest BCUT2D eigenvalue weighted by Gasteiger charge is -2.09. The molecule has 0 aliphatic rings. The number of hydrogen-bond donors (Lipinski definition) is 2. The van der Waals surface area contributed by atoms with Crippen molar-refractivity contribution in [2.45, 2.75) is 0 Å². The highest BCUT2D eigenvalue weighted by Gasteiger charge is 2.14. The third-order valence-electron chi connectivity index (χ3n) is 3.65. The summed E-state index contributed by atoms with van der Waals surface area (Å²) in [6.07, 6.45) is 1.35. The first-order valence-corrected chi connectivity index (χ1v) is 7.80. The minimum atomic E-state index is -1.57. The summed E-state index contributed by atoms with van der Waals surface area (Å²) >= 11 is 0. The van der Waals surface area contributed by atoms with Gasteiger partial charge in [0.1, 0.15) is 11.6 Å². The zero-order chi connectivity index (χ0) is 19.4. The van der Waals surface area contributed by atoms with Crippen LogP contribution in [0.2, 0.25) is 0 Å². The molecule has 3 aromatic rings. The highest BCUT2D eigenvalue weighted by Crippen LogP contribution is 2.23. The van der Waals surface area contributed by atoms with Gasteiger partial charge in [-0.15, -0.1) is 0 Å². The van der Waals surface area contributed by atoms with E-state index >= 15 is 0 Å². The van der Waals surface area contributed by atoms with E-state index in [-0.39, 0.29) is 17.4 Å². The Labute approximate surface area is 152 Å². The number of halogens is 3. The number of benzene rings is 2. The molecule has 0 bridgehead atoms. The quantitative estimate of drug-likeness (QED) is 0.647. The van der Waals surface area contributed by atoms with Crippen molar-refractivity contribution >= 4 is 23.1 Å². The fraction of sp³-hybridized carbons (Fsp3) is 0.0526. The van der Waals surface area contributed by atoms with Crippen LogP contribution in [0, 0.1) is 17.5 Å². The van der Waals surface area contributed by atoms with Crippen LogP contribution in [0.3, 0.4) is 0 Å². The Morgan fingerprint density at radius 3 is 2.56 bits per heavy atom. The minimum absolute atomic E-state index is 0.194. The average Bonchev–Trinajstić information content (AvgIpc) is 2.70. The van der Waals surface area contributed by atoms with Gasteiger partial charge in [0.25, 0.3) is 5.91 Å². The van der Waals surface area contributed by atoms with Gasteiger partial charge >= 0.3 is 0 Å². The maximum absolute atomic E-state index is 13.7. The predicted octanol–water partition coefficient (Wildman–Crippen LogP) is 4.50. The summed E-state index contributed by atoms with van der Waals surface area (Å²) in [4.78, 5) is 16.2. The molecule has 5 nitrogen and oxygen atoms in total. The normalized spacial score (nSPS) is 10.4. The second-order valence-electron chi connectivity index (χ2n) is 5.47. The number of rotatable bonds is 5. The van der Waals surface area contributed by atoms with Crippen LogP contribution >= 0.6 is 0 Å². The average molecular weight is 373 g/mol. The molecular weight excluding hydrogens is 359 g/mol. The Hall–Kier alpha value is -3.55. The highest BCUT2D eigenvalue weighted by atomic mass is 19.2. The number of carbonyl (C=O) groups is 1. The molecule has 27 heavy (non-hydrogen) atoms. The third kappa shape index (κ3) is 4.17. The van der Waals surface area contributed by atoms with Crippen molar-refractivity contribution in [2.75, 3.05) is 17.7 Å². The Morgan fingerprint density at radius 2 is 1.85 bits per heavy atom. The van der Waals surface area contributed by atoms with E-state index in [0.29, 0.717) is 17.0 Å². The van der Waals surface area contributed by atoms with Crippen LogP contribution in [-0.4, -0.2) is 18.0 Å². The van der Waals surface area contributed by atoms with E-state index in [1.807, 2.05) is 0 Å². The Bertz CT molecular complexity index is 978. The van der Waals surface area contributed by atoms with Gasteiger partial charge in [-0.3, -0.25) is 4.79 Å². The van der Waals surface area contributed by atoms with Crippen molar-refractivity contribution in [1.29, 1.82) is 0 Å². The van der Waals surface area contributed by atoms with E-state index in [0.717, 1.165) is 12.1 Å². The predicted molar refractivity (Wildman–Crippen MR) is 94.8 cm³/mol. The molecule has 0 spiro atoms. The molecule has 0 fully saturated rings. The molecule has 2 aromatic carbocycles. The summed E-state index contributed by atoms with van der Waals surface area (Å²) < 4.78 is 45.0. The fourth-order valence-corrected chi connectivity index (χ4v) is 2.27. The standard InChI is InChI=1S/C19H14F3N3O2/c1-27-13-4-2-3-11(9-13)19(26)24-12-5-8-16(23-10-12)25-15-7-6-14(20)17(21)18(15)22/h2-10H,1H3,(H,23,25)(H,24,26). The van der Waals surface area contributed by atoms with E-state index in [1.54, 1.807) is 24.3 Å². The molecule has 0 aliphatic carbocycles. The van der Waals surface area contributed by atoms with Crippen LogP contribution in [0.25, 0.3) is 0 Å². The number of nitrogens with one attached hydrogen (secondary N) is 2. The minimum Gasteiger partial charge on any atom is -0.497 e. The zero-order valence-electron chi connectivity index (χ0n) is 14.1. The summed E-state index contributed by atoms with van der Waals surface area (Å²) in [7, 11) is 1.50. The number of ether oxygens (including phenoxy) is 1. The lowest BCUT2D eigenvalue weighted by molar-refractivity contribution is 0.102. The number of aromatic nitrogens is 1. The molecule has 0 radical (unpaired) electrons. The second kappa shape index (κ2) is 7.77. The zero-order valence-corrected chi connectivity index (χ0v) is 14.1. The van der Waals surface area contributed by atoms with Crippen molar-refractivity contribution in [1.82, 2.24) is 4.98 Å². The van der Waals surface area contributed by atoms with Crippen molar-refractivity contribution in [3.63, 3.8) is 0 Å². The molecule has 8 heteroatoms. The smallest absolute Gasteiger partial charge is 0.255 e. The Morgan fingerprint density at radius 1 is 1.04 bits per heavy atom. The molecule has 0 saturated heterocycles. The van der Waals surface area contributed by atoms with Crippen molar-refractivity contribution < 1.29 is 22.7 Å². The van der Waals surface area contributed by atoms with Crippen LogP contribution in [-0.2, 0) is 0 Å². The molecule has 1 heterocycles. The highest BCUT2D eigenvalue weighted by molar-refractivity contribution is 6.04. The van der Waals surface area contributed by atoms with Crippen LogP contribution < -0.4 is 15.4 Å². The fourth-order valence-electron chi connectivity index (χ4n) is 2.27. The van der Waals surface area contributed by atoms with Gasteiger partial charge in [0.15, 0.2) is 17.5 Å². The number of nitrogens with zero attached hydrogens (tertiary/aromatic N) is 1. The molecule has 3 rings (SSSR count). The molecule has 0 aliphatic heterocycles. The number of anilines is 3. The summed E-state index contributed by atoms with van der Waals surface area (Å²) in [6.45, 7) is 0. The molecule has 1 amide bonds. The summed E-state index contributed by atoms with van der Waals surface area (Å²) in [6, 6.07) is 11.5. The lowest BCUT2D eigenvalue weighted by Crippen LogP contribution is -2.12. The molecular formula is C19H14F3N3O2. The van der Waals surface area contributed by atoms with E-state index in [9.17, 15) is 18.0 Å². The summed E-state index contributed by atoms with van der Waals surface area (Å²) in [5.41, 5.74) is 0.550. The number of pyridine rings is 1. The van der Waals surface area contributed by atoms with Gasteiger partial charge in [-0.05, 0) is 42.5 Å². The van der Waals surface area contributed by atoms with Crippen LogP contribution in [0.1, 0.15) is 10.4 Å². The lowest BCUT2D eigenvalue weighted by atomic mass is 10.2. The number of carbonyl (C=O) groups excluding carboxylic acids is 1. The van der Waals surface area contributed by atoms with Gasteiger partial charge in [0, 0.05) is 5.56 Å². The van der Waals surface area contributed by atoms with Crippen LogP contribution in [0.15, 0.2) is 54.7 Å². The van der Waals surface area contributed by atoms with Crippen molar-refractivity contribution in [2.24, 2.45) is 0 Å². The molecule has 138 valence electrons. The largest absolute Gasteiger partial charge is 0.497 e. The maximum Gasteiger partial charge on any atom is 0.255 e. The van der Waals surface area contributed by atoms with E-state index in [2.05, 4.69) is 15.6 Å². The topological polar surface area (TPSA) is 63.2 Å². The Balaban J connectivity index is 1.70.